The number of carbonyl (C=O) groups is 1. The molecule has 0 aliphatic heterocycles. The summed E-state index contributed by atoms with van der Waals surface area (Å²) < 4.78 is 5.00. The first-order valence-corrected chi connectivity index (χ1v) is 5.83. The number of Topliss-reactive ketones (excluding diaryl/α,β-unsaturated/α-hetero) is 1. The second-order valence-corrected chi connectivity index (χ2v) is 4.02. The summed E-state index contributed by atoms with van der Waals surface area (Å²) in [4.78, 5) is 11.4. The number of rotatable bonds is 7. The van der Waals surface area contributed by atoms with Crippen LogP contribution in [0.15, 0.2) is 24.3 Å². The minimum absolute atomic E-state index is 0.160. The molecule has 0 aliphatic carbocycles. The number of ether oxygens (including phenoxy) is 1. The molecule has 2 nitrogen and oxygen atoms in total. The quantitative estimate of drug-likeness (QED) is 0.521. The standard InChI is InChI=1S/C14H20O2/c1-12(15)14-10-6-5-9-13(14)8-4-3-7-11-16-2/h5-6,9-10H,3-4,7-8,11H2,1-2H3. The first kappa shape index (κ1) is 12.9. The van der Waals surface area contributed by atoms with Crippen LogP contribution in [0.4, 0.5) is 0 Å². The molecule has 0 unspecified atom stereocenters. The largest absolute Gasteiger partial charge is 0.385 e. The van der Waals surface area contributed by atoms with Gasteiger partial charge in [0.05, 0.1) is 0 Å². The number of benzene rings is 1. The van der Waals surface area contributed by atoms with Gasteiger partial charge in [0.2, 0.25) is 0 Å². The lowest BCUT2D eigenvalue weighted by molar-refractivity contribution is 0.101. The van der Waals surface area contributed by atoms with Crippen LogP contribution >= 0.6 is 0 Å². The average Bonchev–Trinajstić information content (AvgIpc) is 2.29. The average molecular weight is 220 g/mol. The molecule has 0 saturated heterocycles. The Morgan fingerprint density at radius 2 is 1.94 bits per heavy atom. The maximum absolute atomic E-state index is 11.4. The van der Waals surface area contributed by atoms with Crippen molar-refractivity contribution in [2.24, 2.45) is 0 Å². The Kier molecular flexibility index (Phi) is 5.79. The molecule has 2 heteroatoms. The van der Waals surface area contributed by atoms with E-state index < -0.39 is 0 Å². The van der Waals surface area contributed by atoms with Crippen molar-refractivity contribution in [3.63, 3.8) is 0 Å². The molecule has 1 aromatic carbocycles. The van der Waals surface area contributed by atoms with E-state index in [0.717, 1.165) is 37.9 Å². The van der Waals surface area contributed by atoms with Crippen LogP contribution in [0.2, 0.25) is 0 Å². The molecule has 0 fully saturated rings. The minimum atomic E-state index is 0.160. The van der Waals surface area contributed by atoms with Crippen molar-refractivity contribution in [1.82, 2.24) is 0 Å². The van der Waals surface area contributed by atoms with Crippen molar-refractivity contribution in [1.29, 1.82) is 0 Å². The lowest BCUT2D eigenvalue weighted by Crippen LogP contribution is -1.99. The molecule has 88 valence electrons. The molecule has 16 heavy (non-hydrogen) atoms. The van der Waals surface area contributed by atoms with Crippen molar-refractivity contribution in [3.8, 4) is 0 Å². The zero-order valence-electron chi connectivity index (χ0n) is 10.2. The number of carbonyl (C=O) groups excluding carboxylic acids is 1. The number of methoxy groups -OCH3 is 1. The van der Waals surface area contributed by atoms with Gasteiger partial charge in [0.15, 0.2) is 5.78 Å². The van der Waals surface area contributed by atoms with Gasteiger partial charge in [0, 0.05) is 19.3 Å². The first-order valence-electron chi connectivity index (χ1n) is 5.83. The first-order chi connectivity index (χ1) is 7.75. The van der Waals surface area contributed by atoms with E-state index in [-0.39, 0.29) is 5.78 Å². The van der Waals surface area contributed by atoms with Gasteiger partial charge in [-0.1, -0.05) is 30.7 Å². The summed E-state index contributed by atoms with van der Waals surface area (Å²) in [5, 5.41) is 0. The molecule has 0 bridgehead atoms. The Morgan fingerprint density at radius 1 is 1.19 bits per heavy atom. The third kappa shape index (κ3) is 4.15. The lowest BCUT2D eigenvalue weighted by atomic mass is 9.99. The maximum atomic E-state index is 11.4. The Bertz CT molecular complexity index is 331. The fraction of sp³-hybridized carbons (Fsp3) is 0.500. The smallest absolute Gasteiger partial charge is 0.160 e. The van der Waals surface area contributed by atoms with Crippen molar-refractivity contribution in [3.05, 3.63) is 35.4 Å². The van der Waals surface area contributed by atoms with E-state index in [1.165, 1.54) is 5.56 Å². The summed E-state index contributed by atoms with van der Waals surface area (Å²) in [6.45, 7) is 2.46. The molecule has 0 atom stereocenters. The highest BCUT2D eigenvalue weighted by atomic mass is 16.5. The second kappa shape index (κ2) is 7.18. The molecule has 1 aromatic rings. The summed E-state index contributed by atoms with van der Waals surface area (Å²) in [5.74, 6) is 0.160. The molecule has 0 N–H and O–H groups in total. The fourth-order valence-corrected chi connectivity index (χ4v) is 1.82. The topological polar surface area (TPSA) is 26.3 Å². The zero-order chi connectivity index (χ0) is 11.8. The van der Waals surface area contributed by atoms with E-state index in [1.54, 1.807) is 14.0 Å². The number of hydrogen-bond donors (Lipinski definition) is 0. The molecule has 0 spiro atoms. The molecular formula is C14H20O2. The van der Waals surface area contributed by atoms with Crippen LogP contribution in [0.1, 0.15) is 42.1 Å². The van der Waals surface area contributed by atoms with Gasteiger partial charge >= 0.3 is 0 Å². The number of ketones is 1. The number of aryl methyl sites for hydroxylation is 1. The van der Waals surface area contributed by atoms with E-state index in [4.69, 9.17) is 4.74 Å². The van der Waals surface area contributed by atoms with E-state index >= 15 is 0 Å². The molecule has 0 aromatic heterocycles. The minimum Gasteiger partial charge on any atom is -0.385 e. The molecule has 0 amide bonds. The highest BCUT2D eigenvalue weighted by Crippen LogP contribution is 2.13. The van der Waals surface area contributed by atoms with E-state index in [1.807, 2.05) is 24.3 Å². The predicted molar refractivity (Wildman–Crippen MR) is 65.9 cm³/mol. The van der Waals surface area contributed by atoms with Crippen molar-refractivity contribution in [2.45, 2.75) is 32.6 Å². The van der Waals surface area contributed by atoms with Gasteiger partial charge in [0.25, 0.3) is 0 Å². The molecule has 1 rings (SSSR count). The van der Waals surface area contributed by atoms with Crippen LogP contribution < -0.4 is 0 Å². The number of unbranched alkanes of at least 4 members (excludes halogenated alkanes) is 2. The molecule has 0 heterocycles. The van der Waals surface area contributed by atoms with Gasteiger partial charge in [-0.2, -0.15) is 0 Å². The Hall–Kier alpha value is -1.15. The van der Waals surface area contributed by atoms with Crippen LogP contribution in [0.5, 0.6) is 0 Å². The number of hydrogen-bond acceptors (Lipinski definition) is 2. The summed E-state index contributed by atoms with van der Waals surface area (Å²) in [6.07, 6.45) is 4.35. The fourth-order valence-electron chi connectivity index (χ4n) is 1.82. The highest BCUT2D eigenvalue weighted by Gasteiger charge is 2.05. The van der Waals surface area contributed by atoms with Gasteiger partial charge in [-0.25, -0.2) is 0 Å². The molecular weight excluding hydrogens is 200 g/mol. The van der Waals surface area contributed by atoms with E-state index in [2.05, 4.69) is 0 Å². The maximum Gasteiger partial charge on any atom is 0.160 e. The van der Waals surface area contributed by atoms with Gasteiger partial charge in [-0.3, -0.25) is 4.79 Å². The van der Waals surface area contributed by atoms with Crippen molar-refractivity contribution in [2.75, 3.05) is 13.7 Å². The Balaban J connectivity index is 2.44. The van der Waals surface area contributed by atoms with Crippen LogP contribution in [0.25, 0.3) is 0 Å². The van der Waals surface area contributed by atoms with Gasteiger partial charge in [-0.05, 0) is 31.7 Å². The Labute approximate surface area is 97.6 Å². The van der Waals surface area contributed by atoms with E-state index in [9.17, 15) is 4.79 Å². The van der Waals surface area contributed by atoms with Crippen molar-refractivity contribution < 1.29 is 9.53 Å². The third-order valence-electron chi connectivity index (χ3n) is 2.69. The highest BCUT2D eigenvalue weighted by molar-refractivity contribution is 5.95. The monoisotopic (exact) mass is 220 g/mol. The summed E-state index contributed by atoms with van der Waals surface area (Å²) in [5.41, 5.74) is 2.04. The van der Waals surface area contributed by atoms with Crippen LogP contribution in [-0.2, 0) is 11.2 Å². The summed E-state index contributed by atoms with van der Waals surface area (Å²) in [6, 6.07) is 7.88. The van der Waals surface area contributed by atoms with Gasteiger partial charge in [0.1, 0.15) is 0 Å². The van der Waals surface area contributed by atoms with Gasteiger partial charge in [-0.15, -0.1) is 0 Å². The lowest BCUT2D eigenvalue weighted by Gasteiger charge is -2.06. The zero-order valence-corrected chi connectivity index (χ0v) is 10.2. The molecule has 0 saturated carbocycles. The van der Waals surface area contributed by atoms with Crippen LogP contribution in [-0.4, -0.2) is 19.5 Å². The van der Waals surface area contributed by atoms with Crippen molar-refractivity contribution >= 4 is 5.78 Å². The summed E-state index contributed by atoms with van der Waals surface area (Å²) >= 11 is 0. The van der Waals surface area contributed by atoms with Gasteiger partial charge < -0.3 is 4.74 Å². The molecule has 0 radical (unpaired) electrons. The van der Waals surface area contributed by atoms with E-state index in [0.29, 0.717) is 0 Å². The normalized spacial score (nSPS) is 10.4. The third-order valence-corrected chi connectivity index (χ3v) is 2.69. The predicted octanol–water partition coefficient (Wildman–Crippen LogP) is 3.25. The van der Waals surface area contributed by atoms with Crippen LogP contribution in [0.3, 0.4) is 0 Å². The SMILES string of the molecule is COCCCCCc1ccccc1C(C)=O. The Morgan fingerprint density at radius 3 is 2.62 bits per heavy atom. The second-order valence-electron chi connectivity index (χ2n) is 4.02. The molecule has 0 aliphatic rings. The summed E-state index contributed by atoms with van der Waals surface area (Å²) in [7, 11) is 1.73. The van der Waals surface area contributed by atoms with Crippen LogP contribution in [0, 0.1) is 0 Å².